The first-order valence-electron chi connectivity index (χ1n) is 4.68. The van der Waals surface area contributed by atoms with Crippen LogP contribution in [-0.4, -0.2) is 17.7 Å². The quantitative estimate of drug-likeness (QED) is 0.439. The van der Waals surface area contributed by atoms with Crippen molar-refractivity contribution in [3.8, 4) is 0 Å². The zero-order valence-electron chi connectivity index (χ0n) is 9.08. The van der Waals surface area contributed by atoms with Gasteiger partial charge in [0.25, 0.3) is 0 Å². The van der Waals surface area contributed by atoms with Crippen molar-refractivity contribution >= 4 is 5.96 Å². The van der Waals surface area contributed by atoms with Crippen molar-refractivity contribution in [2.24, 2.45) is 10.7 Å². The standard InChI is InChI=1S/C10H16N4O/c1-7(2)5-12-10(11)13-6-9-4-8(3)14-15-9/h4H,1,5-6H2,2-3H3,(H3,11,12,13). The summed E-state index contributed by atoms with van der Waals surface area (Å²) in [7, 11) is 0. The van der Waals surface area contributed by atoms with Crippen LogP contribution in [0, 0.1) is 6.92 Å². The lowest BCUT2D eigenvalue weighted by atomic mass is 10.3. The van der Waals surface area contributed by atoms with Gasteiger partial charge in [0.05, 0.1) is 5.69 Å². The van der Waals surface area contributed by atoms with E-state index in [1.165, 1.54) is 0 Å². The molecular formula is C10H16N4O. The molecule has 0 aromatic carbocycles. The first kappa shape index (κ1) is 11.3. The van der Waals surface area contributed by atoms with Gasteiger partial charge in [-0.05, 0) is 13.8 Å². The van der Waals surface area contributed by atoms with E-state index < -0.39 is 0 Å². The van der Waals surface area contributed by atoms with Gasteiger partial charge < -0.3 is 15.6 Å². The normalized spacial score (nSPS) is 11.5. The van der Waals surface area contributed by atoms with E-state index in [1.807, 2.05) is 19.9 Å². The third-order valence-corrected chi connectivity index (χ3v) is 1.65. The minimum Gasteiger partial charge on any atom is -0.370 e. The minimum atomic E-state index is 0.382. The number of rotatable bonds is 4. The molecule has 0 saturated carbocycles. The van der Waals surface area contributed by atoms with E-state index in [2.05, 4.69) is 22.0 Å². The van der Waals surface area contributed by atoms with Gasteiger partial charge in [0.15, 0.2) is 11.7 Å². The maximum atomic E-state index is 5.61. The number of nitrogens with one attached hydrogen (secondary N) is 1. The number of nitrogens with two attached hydrogens (primary N) is 1. The molecule has 15 heavy (non-hydrogen) atoms. The van der Waals surface area contributed by atoms with Gasteiger partial charge in [0.1, 0.15) is 6.54 Å². The predicted molar refractivity (Wildman–Crippen MR) is 59.4 cm³/mol. The highest BCUT2D eigenvalue weighted by molar-refractivity contribution is 5.77. The van der Waals surface area contributed by atoms with Gasteiger partial charge in [-0.3, -0.25) is 0 Å². The molecule has 1 heterocycles. The number of nitrogens with zero attached hydrogens (tertiary/aromatic N) is 2. The van der Waals surface area contributed by atoms with Gasteiger partial charge in [-0.2, -0.15) is 0 Å². The molecule has 0 bridgehead atoms. The topological polar surface area (TPSA) is 76.4 Å². The first-order valence-corrected chi connectivity index (χ1v) is 4.68. The Kier molecular flexibility index (Phi) is 3.91. The van der Waals surface area contributed by atoms with Crippen LogP contribution in [-0.2, 0) is 6.54 Å². The van der Waals surface area contributed by atoms with E-state index in [1.54, 1.807) is 0 Å². The number of hydrogen-bond donors (Lipinski definition) is 2. The molecule has 0 amide bonds. The molecule has 0 saturated heterocycles. The van der Waals surface area contributed by atoms with Crippen LogP contribution in [0.15, 0.2) is 27.7 Å². The van der Waals surface area contributed by atoms with E-state index in [0.717, 1.165) is 11.3 Å². The van der Waals surface area contributed by atoms with Crippen LogP contribution < -0.4 is 11.1 Å². The number of aliphatic imine (C=N–C) groups is 1. The molecule has 1 aromatic heterocycles. The number of aromatic nitrogens is 1. The molecule has 0 unspecified atom stereocenters. The van der Waals surface area contributed by atoms with Gasteiger partial charge >= 0.3 is 0 Å². The molecule has 0 aliphatic rings. The van der Waals surface area contributed by atoms with Gasteiger partial charge in [0, 0.05) is 12.6 Å². The second-order valence-corrected chi connectivity index (χ2v) is 3.45. The molecule has 82 valence electrons. The summed E-state index contributed by atoms with van der Waals surface area (Å²) < 4.78 is 4.98. The Hall–Kier alpha value is -1.78. The van der Waals surface area contributed by atoms with Gasteiger partial charge in [-0.15, -0.1) is 0 Å². The molecule has 0 aliphatic carbocycles. The molecule has 0 radical (unpaired) electrons. The molecule has 5 heteroatoms. The van der Waals surface area contributed by atoms with Crippen LogP contribution in [0.1, 0.15) is 18.4 Å². The van der Waals surface area contributed by atoms with Crippen molar-refractivity contribution in [1.82, 2.24) is 10.5 Å². The average Bonchev–Trinajstić information content (AvgIpc) is 2.58. The third kappa shape index (κ3) is 4.30. The SMILES string of the molecule is C=C(C)CNC(N)=NCc1cc(C)no1. The summed E-state index contributed by atoms with van der Waals surface area (Å²) in [5.41, 5.74) is 7.46. The fraction of sp³-hybridized carbons (Fsp3) is 0.400. The zero-order valence-corrected chi connectivity index (χ0v) is 9.08. The van der Waals surface area contributed by atoms with E-state index in [4.69, 9.17) is 10.3 Å². The third-order valence-electron chi connectivity index (χ3n) is 1.65. The van der Waals surface area contributed by atoms with E-state index in [-0.39, 0.29) is 0 Å². The van der Waals surface area contributed by atoms with Crippen molar-refractivity contribution < 1.29 is 4.52 Å². The van der Waals surface area contributed by atoms with Crippen LogP contribution in [0.5, 0.6) is 0 Å². The van der Waals surface area contributed by atoms with E-state index in [0.29, 0.717) is 24.8 Å². The van der Waals surface area contributed by atoms with Crippen LogP contribution in [0.25, 0.3) is 0 Å². The Balaban J connectivity index is 2.40. The van der Waals surface area contributed by atoms with Crippen molar-refractivity contribution in [2.75, 3.05) is 6.54 Å². The lowest BCUT2D eigenvalue weighted by molar-refractivity contribution is 0.381. The lowest BCUT2D eigenvalue weighted by Gasteiger charge is -2.03. The summed E-state index contributed by atoms with van der Waals surface area (Å²) in [6.45, 7) is 8.55. The number of guanidine groups is 1. The van der Waals surface area contributed by atoms with Gasteiger partial charge in [0.2, 0.25) is 0 Å². The Morgan fingerprint density at radius 1 is 1.73 bits per heavy atom. The summed E-state index contributed by atoms with van der Waals surface area (Å²) in [4.78, 5) is 4.09. The van der Waals surface area contributed by atoms with Crippen molar-refractivity contribution in [2.45, 2.75) is 20.4 Å². The Bertz CT molecular complexity index is 367. The molecular weight excluding hydrogens is 192 g/mol. The highest BCUT2D eigenvalue weighted by atomic mass is 16.5. The maximum absolute atomic E-state index is 5.61. The molecule has 0 fully saturated rings. The Morgan fingerprint density at radius 2 is 2.47 bits per heavy atom. The smallest absolute Gasteiger partial charge is 0.189 e. The van der Waals surface area contributed by atoms with Crippen molar-refractivity contribution in [3.05, 3.63) is 29.7 Å². The average molecular weight is 208 g/mol. The summed E-state index contributed by atoms with van der Waals surface area (Å²) in [6.07, 6.45) is 0. The monoisotopic (exact) mass is 208 g/mol. The number of aryl methyl sites for hydroxylation is 1. The predicted octanol–water partition coefficient (Wildman–Crippen LogP) is 0.963. The van der Waals surface area contributed by atoms with E-state index in [9.17, 15) is 0 Å². The summed E-state index contributed by atoms with van der Waals surface area (Å²) in [5.74, 6) is 1.08. The second-order valence-electron chi connectivity index (χ2n) is 3.45. The maximum Gasteiger partial charge on any atom is 0.189 e. The first-order chi connectivity index (χ1) is 7.08. The molecule has 3 N–H and O–H groups in total. The second kappa shape index (κ2) is 5.19. The Morgan fingerprint density at radius 3 is 3.00 bits per heavy atom. The zero-order chi connectivity index (χ0) is 11.3. The molecule has 1 aromatic rings. The van der Waals surface area contributed by atoms with Gasteiger partial charge in [-0.1, -0.05) is 17.3 Å². The lowest BCUT2D eigenvalue weighted by Crippen LogP contribution is -2.32. The van der Waals surface area contributed by atoms with Crippen LogP contribution in [0.4, 0.5) is 0 Å². The fourth-order valence-electron chi connectivity index (χ4n) is 0.951. The van der Waals surface area contributed by atoms with Gasteiger partial charge in [-0.25, -0.2) is 4.99 Å². The Labute approximate surface area is 89.0 Å². The summed E-state index contributed by atoms with van der Waals surface area (Å²) in [6, 6.07) is 1.83. The summed E-state index contributed by atoms with van der Waals surface area (Å²) >= 11 is 0. The van der Waals surface area contributed by atoms with Crippen LogP contribution in [0.2, 0.25) is 0 Å². The fourth-order valence-corrected chi connectivity index (χ4v) is 0.951. The largest absolute Gasteiger partial charge is 0.370 e. The van der Waals surface area contributed by atoms with E-state index >= 15 is 0 Å². The molecule has 0 atom stereocenters. The molecule has 1 rings (SSSR count). The van der Waals surface area contributed by atoms with Crippen LogP contribution >= 0.6 is 0 Å². The molecule has 5 nitrogen and oxygen atoms in total. The van der Waals surface area contributed by atoms with Crippen LogP contribution in [0.3, 0.4) is 0 Å². The van der Waals surface area contributed by atoms with Crippen molar-refractivity contribution in [1.29, 1.82) is 0 Å². The molecule has 0 aliphatic heterocycles. The molecule has 0 spiro atoms. The number of hydrogen-bond acceptors (Lipinski definition) is 3. The van der Waals surface area contributed by atoms with Crippen molar-refractivity contribution in [3.63, 3.8) is 0 Å². The summed E-state index contributed by atoms with van der Waals surface area (Å²) in [5, 5.41) is 6.67. The highest BCUT2D eigenvalue weighted by Crippen LogP contribution is 2.02. The minimum absolute atomic E-state index is 0.382. The highest BCUT2D eigenvalue weighted by Gasteiger charge is 1.99.